The van der Waals surface area contributed by atoms with Gasteiger partial charge in [0.2, 0.25) is 0 Å². The Morgan fingerprint density at radius 1 is 1.21 bits per heavy atom. The Morgan fingerprint density at radius 3 is 2.68 bits per heavy atom. The van der Waals surface area contributed by atoms with Crippen molar-refractivity contribution in [3.63, 3.8) is 0 Å². The molecule has 0 radical (unpaired) electrons. The van der Waals surface area contributed by atoms with E-state index in [1.54, 1.807) is 7.11 Å². The lowest BCUT2D eigenvalue weighted by Gasteiger charge is -2.23. The largest absolute Gasteiger partial charge is 0.382 e. The second kappa shape index (κ2) is 11.6. The molecule has 0 aromatic rings. The zero-order valence-electron chi connectivity index (χ0n) is 12.4. The minimum Gasteiger partial charge on any atom is -0.382 e. The normalized spacial score (nSPS) is 20.8. The maximum Gasteiger partial charge on any atom is 0.0701 e. The highest BCUT2D eigenvalue weighted by Gasteiger charge is 2.25. The summed E-state index contributed by atoms with van der Waals surface area (Å²) in [5, 5.41) is 3.56. The van der Waals surface area contributed by atoms with Crippen molar-refractivity contribution >= 4 is 0 Å². The Hall–Kier alpha value is -0.200. The number of hydrogen-bond donors (Lipinski definition) is 1. The Labute approximate surface area is 116 Å². The van der Waals surface area contributed by atoms with Crippen LogP contribution >= 0.6 is 0 Å². The van der Waals surface area contributed by atoms with Crippen LogP contribution in [0.1, 0.15) is 19.8 Å². The Kier molecular flexibility index (Phi) is 10.3. The molecule has 19 heavy (non-hydrogen) atoms. The van der Waals surface area contributed by atoms with Crippen LogP contribution in [-0.4, -0.2) is 65.9 Å². The van der Waals surface area contributed by atoms with Crippen LogP contribution in [0.5, 0.6) is 0 Å². The molecule has 0 aromatic carbocycles. The summed E-state index contributed by atoms with van der Waals surface area (Å²) < 4.78 is 21.4. The van der Waals surface area contributed by atoms with Crippen molar-refractivity contribution in [1.82, 2.24) is 5.32 Å². The van der Waals surface area contributed by atoms with E-state index in [0.717, 1.165) is 39.2 Å². The molecule has 1 aliphatic heterocycles. The fourth-order valence-corrected chi connectivity index (χ4v) is 2.13. The summed E-state index contributed by atoms with van der Waals surface area (Å²) in [6, 6.07) is 0.404. The van der Waals surface area contributed by atoms with E-state index in [9.17, 15) is 0 Å². The van der Waals surface area contributed by atoms with E-state index >= 15 is 0 Å². The summed E-state index contributed by atoms with van der Waals surface area (Å²) in [6.45, 7) is 8.24. The van der Waals surface area contributed by atoms with Gasteiger partial charge in [0.1, 0.15) is 0 Å². The third-order valence-corrected chi connectivity index (χ3v) is 3.29. The zero-order chi connectivity index (χ0) is 13.8. The number of hydrogen-bond acceptors (Lipinski definition) is 5. The molecule has 0 saturated carbocycles. The molecule has 2 unspecified atom stereocenters. The van der Waals surface area contributed by atoms with Crippen molar-refractivity contribution in [1.29, 1.82) is 0 Å². The predicted molar refractivity (Wildman–Crippen MR) is 74.5 cm³/mol. The molecule has 1 heterocycles. The van der Waals surface area contributed by atoms with Gasteiger partial charge < -0.3 is 24.3 Å². The molecule has 0 bridgehead atoms. The summed E-state index contributed by atoms with van der Waals surface area (Å²) >= 11 is 0. The molecule has 0 aromatic heterocycles. The minimum absolute atomic E-state index is 0.404. The molecular formula is C14H29NO4. The first-order chi connectivity index (χ1) is 9.38. The Balaban J connectivity index is 2.06. The first kappa shape index (κ1) is 16.9. The van der Waals surface area contributed by atoms with Crippen LogP contribution in [0.3, 0.4) is 0 Å². The molecular weight excluding hydrogens is 246 g/mol. The molecule has 2 atom stereocenters. The molecule has 1 N–H and O–H groups in total. The van der Waals surface area contributed by atoms with Crippen LogP contribution in [0.25, 0.3) is 0 Å². The van der Waals surface area contributed by atoms with Gasteiger partial charge in [-0.3, -0.25) is 0 Å². The number of rotatable bonds is 12. The van der Waals surface area contributed by atoms with Crippen molar-refractivity contribution in [2.45, 2.75) is 25.8 Å². The molecule has 5 nitrogen and oxygen atoms in total. The highest BCUT2D eigenvalue weighted by molar-refractivity contribution is 4.79. The smallest absolute Gasteiger partial charge is 0.0701 e. The van der Waals surface area contributed by atoms with Crippen molar-refractivity contribution in [3.05, 3.63) is 0 Å². The van der Waals surface area contributed by atoms with Crippen molar-refractivity contribution in [2.75, 3.05) is 59.9 Å². The molecule has 1 saturated heterocycles. The standard InChI is InChI=1S/C14H29NO4/c1-3-5-15-14(13-4-6-18-11-13)12-19-10-9-17-8-7-16-2/h13-15H,3-12H2,1-2H3. The monoisotopic (exact) mass is 275 g/mol. The van der Waals surface area contributed by atoms with Gasteiger partial charge in [-0.25, -0.2) is 0 Å². The van der Waals surface area contributed by atoms with Gasteiger partial charge in [0.05, 0.1) is 39.6 Å². The highest BCUT2D eigenvalue weighted by Crippen LogP contribution is 2.17. The number of nitrogens with one attached hydrogen (secondary N) is 1. The first-order valence-corrected chi connectivity index (χ1v) is 7.34. The van der Waals surface area contributed by atoms with Crippen molar-refractivity contribution < 1.29 is 18.9 Å². The second-order valence-electron chi connectivity index (χ2n) is 4.86. The lowest BCUT2D eigenvalue weighted by Crippen LogP contribution is -2.41. The van der Waals surface area contributed by atoms with E-state index < -0.39 is 0 Å². The van der Waals surface area contributed by atoms with E-state index in [0.29, 0.717) is 38.4 Å². The van der Waals surface area contributed by atoms with E-state index in [-0.39, 0.29) is 0 Å². The number of methoxy groups -OCH3 is 1. The van der Waals surface area contributed by atoms with Gasteiger partial charge in [0.25, 0.3) is 0 Å². The molecule has 1 aliphatic rings. The molecule has 1 fully saturated rings. The zero-order valence-corrected chi connectivity index (χ0v) is 12.4. The van der Waals surface area contributed by atoms with Gasteiger partial charge in [-0.2, -0.15) is 0 Å². The summed E-state index contributed by atoms with van der Waals surface area (Å²) in [7, 11) is 1.67. The maximum atomic E-state index is 5.70. The van der Waals surface area contributed by atoms with Crippen LogP contribution in [0.2, 0.25) is 0 Å². The quantitative estimate of drug-likeness (QED) is 0.540. The molecule has 5 heteroatoms. The lowest BCUT2D eigenvalue weighted by molar-refractivity contribution is 0.0144. The van der Waals surface area contributed by atoms with Gasteiger partial charge in [0, 0.05) is 25.7 Å². The van der Waals surface area contributed by atoms with Crippen LogP contribution in [0, 0.1) is 5.92 Å². The molecule has 1 rings (SSSR count). The maximum absolute atomic E-state index is 5.70. The van der Waals surface area contributed by atoms with Crippen LogP contribution in [-0.2, 0) is 18.9 Å². The van der Waals surface area contributed by atoms with Crippen LogP contribution in [0.15, 0.2) is 0 Å². The van der Waals surface area contributed by atoms with E-state index in [2.05, 4.69) is 12.2 Å². The summed E-state index contributed by atoms with van der Waals surface area (Å²) in [4.78, 5) is 0. The van der Waals surface area contributed by atoms with Crippen molar-refractivity contribution in [3.8, 4) is 0 Å². The Bertz CT molecular complexity index is 198. The Morgan fingerprint density at radius 2 is 2.00 bits per heavy atom. The van der Waals surface area contributed by atoms with Gasteiger partial charge in [-0.1, -0.05) is 6.92 Å². The lowest BCUT2D eigenvalue weighted by atomic mass is 9.99. The molecule has 0 aliphatic carbocycles. The average molecular weight is 275 g/mol. The van der Waals surface area contributed by atoms with Gasteiger partial charge in [-0.05, 0) is 19.4 Å². The molecule has 114 valence electrons. The van der Waals surface area contributed by atoms with Crippen LogP contribution in [0.4, 0.5) is 0 Å². The third-order valence-electron chi connectivity index (χ3n) is 3.29. The van der Waals surface area contributed by atoms with E-state index in [1.807, 2.05) is 0 Å². The predicted octanol–water partition coefficient (Wildman–Crippen LogP) is 1.07. The topological polar surface area (TPSA) is 49.0 Å². The van der Waals surface area contributed by atoms with Crippen molar-refractivity contribution in [2.24, 2.45) is 5.92 Å². The molecule has 0 amide bonds. The van der Waals surface area contributed by atoms with E-state index in [4.69, 9.17) is 18.9 Å². The summed E-state index contributed by atoms with van der Waals surface area (Å²) in [5.74, 6) is 0.584. The summed E-state index contributed by atoms with van der Waals surface area (Å²) in [5.41, 5.74) is 0. The second-order valence-corrected chi connectivity index (χ2v) is 4.86. The van der Waals surface area contributed by atoms with Gasteiger partial charge in [0.15, 0.2) is 0 Å². The summed E-state index contributed by atoms with van der Waals surface area (Å²) in [6.07, 6.45) is 2.28. The third kappa shape index (κ3) is 7.84. The first-order valence-electron chi connectivity index (χ1n) is 7.34. The number of ether oxygens (including phenoxy) is 4. The fourth-order valence-electron chi connectivity index (χ4n) is 2.13. The highest BCUT2D eigenvalue weighted by atomic mass is 16.5. The van der Waals surface area contributed by atoms with Gasteiger partial charge in [-0.15, -0.1) is 0 Å². The minimum atomic E-state index is 0.404. The SMILES string of the molecule is CCCNC(COCCOCCOC)C1CCOC1. The molecule has 0 spiro atoms. The van der Waals surface area contributed by atoms with Crippen LogP contribution < -0.4 is 5.32 Å². The van der Waals surface area contributed by atoms with Gasteiger partial charge >= 0.3 is 0 Å². The fraction of sp³-hybridized carbons (Fsp3) is 1.00. The van der Waals surface area contributed by atoms with E-state index in [1.165, 1.54) is 0 Å². The average Bonchev–Trinajstić information content (AvgIpc) is 2.95.